The highest BCUT2D eigenvalue weighted by atomic mass is 19.4. The maximum Gasteiger partial charge on any atom is 0.419 e. The van der Waals surface area contributed by atoms with Gasteiger partial charge in [-0.3, -0.25) is 0 Å². The number of alkyl halides is 3. The van der Waals surface area contributed by atoms with Crippen molar-refractivity contribution < 1.29 is 20.0 Å². The van der Waals surface area contributed by atoms with Crippen LogP contribution in [0, 0.1) is 0 Å². The van der Waals surface area contributed by atoms with Crippen LogP contribution in [0.25, 0.3) is 43.7 Å². The van der Waals surface area contributed by atoms with E-state index in [0.29, 0.717) is 10.9 Å². The molecule has 0 aliphatic rings. The lowest BCUT2D eigenvalue weighted by Gasteiger charge is -2.23. The molecule has 0 unspecified atom stereocenters. The molecule has 0 spiro atoms. The SMILES string of the molecule is [2H]c1c([2H])c([2H])c2c(C(C)(C)C)c([2H])c(-c3ncnc4c(C(F)(F)F)c5ccccc5cc34)cc2c1[2H]. The molecule has 1 aromatic heterocycles. The fraction of sp³-hybridized carbons (Fsp3) is 0.185. The van der Waals surface area contributed by atoms with Crippen LogP contribution in [0.5, 0.6) is 0 Å². The first-order valence-corrected chi connectivity index (χ1v) is 10.0. The summed E-state index contributed by atoms with van der Waals surface area (Å²) in [6.07, 6.45) is -3.67. The van der Waals surface area contributed by atoms with Crippen molar-refractivity contribution in [1.82, 2.24) is 9.97 Å². The Morgan fingerprint density at radius 1 is 0.844 bits per heavy atom. The van der Waals surface area contributed by atoms with Gasteiger partial charge in [-0.1, -0.05) is 69.2 Å². The average Bonchev–Trinajstić information content (AvgIpc) is 2.82. The Bertz CT molecular complexity index is 1760. The third kappa shape index (κ3) is 3.29. The molecular weight excluding hydrogens is 409 g/mol. The number of nitrogens with zero attached hydrogens (tertiary/aromatic N) is 2. The van der Waals surface area contributed by atoms with Gasteiger partial charge in [0.15, 0.2) is 0 Å². The van der Waals surface area contributed by atoms with Crippen molar-refractivity contribution in [2.75, 3.05) is 0 Å². The molecule has 0 atom stereocenters. The molecule has 0 saturated carbocycles. The van der Waals surface area contributed by atoms with Gasteiger partial charge in [0.2, 0.25) is 0 Å². The molecule has 0 N–H and O–H groups in total. The number of rotatable bonds is 1. The molecule has 0 fully saturated rings. The van der Waals surface area contributed by atoms with Gasteiger partial charge in [-0.15, -0.1) is 0 Å². The predicted molar refractivity (Wildman–Crippen MR) is 124 cm³/mol. The van der Waals surface area contributed by atoms with E-state index >= 15 is 0 Å². The van der Waals surface area contributed by atoms with E-state index in [1.54, 1.807) is 18.2 Å². The average molecular weight is 436 g/mol. The van der Waals surface area contributed by atoms with Crippen molar-refractivity contribution in [1.29, 1.82) is 0 Å². The van der Waals surface area contributed by atoms with E-state index in [1.807, 2.05) is 20.8 Å². The van der Waals surface area contributed by atoms with Crippen molar-refractivity contribution in [3.05, 3.63) is 84.1 Å². The summed E-state index contributed by atoms with van der Waals surface area (Å²) in [7, 11) is 0. The zero-order chi connectivity index (χ0) is 27.0. The van der Waals surface area contributed by atoms with Crippen LogP contribution < -0.4 is 0 Å². The van der Waals surface area contributed by atoms with Crippen LogP contribution >= 0.6 is 0 Å². The predicted octanol–water partition coefficient (Wildman–Crippen LogP) is 7.92. The highest BCUT2D eigenvalue weighted by Gasteiger charge is 2.36. The van der Waals surface area contributed by atoms with Crippen LogP contribution in [0.3, 0.4) is 0 Å². The lowest BCUT2D eigenvalue weighted by Crippen LogP contribution is -2.12. The summed E-state index contributed by atoms with van der Waals surface area (Å²) in [4.78, 5) is 8.29. The highest BCUT2D eigenvalue weighted by Crippen LogP contribution is 2.42. The number of hydrogen-bond acceptors (Lipinski definition) is 2. The zero-order valence-electron chi connectivity index (χ0n) is 22.6. The molecular formula is C27H21F3N2. The Morgan fingerprint density at radius 3 is 2.34 bits per heavy atom. The second kappa shape index (κ2) is 7.02. The molecule has 0 aliphatic carbocycles. The second-order valence-corrected chi connectivity index (χ2v) is 8.69. The molecule has 1 heterocycles. The summed E-state index contributed by atoms with van der Waals surface area (Å²) in [6, 6.07) is 7.65. The minimum absolute atomic E-state index is 0.00116. The summed E-state index contributed by atoms with van der Waals surface area (Å²) in [5.74, 6) is 0. The topological polar surface area (TPSA) is 25.8 Å². The molecule has 0 bridgehead atoms. The molecule has 5 heteroatoms. The van der Waals surface area contributed by atoms with Crippen molar-refractivity contribution >= 4 is 32.4 Å². The van der Waals surface area contributed by atoms with Crippen molar-refractivity contribution in [3.63, 3.8) is 0 Å². The highest BCUT2D eigenvalue weighted by molar-refractivity contribution is 6.06. The Kier molecular flexibility index (Phi) is 3.37. The Morgan fingerprint density at radius 2 is 1.59 bits per heavy atom. The van der Waals surface area contributed by atoms with E-state index < -0.39 is 29.2 Å². The minimum atomic E-state index is -4.70. The van der Waals surface area contributed by atoms with Crippen LogP contribution in [0.1, 0.15) is 38.8 Å². The molecule has 32 heavy (non-hydrogen) atoms. The molecule has 2 nitrogen and oxygen atoms in total. The van der Waals surface area contributed by atoms with Crippen molar-refractivity contribution in [3.8, 4) is 11.3 Å². The monoisotopic (exact) mass is 435 g/mol. The van der Waals surface area contributed by atoms with E-state index in [0.717, 1.165) is 6.33 Å². The van der Waals surface area contributed by atoms with Gasteiger partial charge >= 0.3 is 6.18 Å². The van der Waals surface area contributed by atoms with E-state index in [-0.39, 0.29) is 56.4 Å². The van der Waals surface area contributed by atoms with Crippen molar-refractivity contribution in [2.24, 2.45) is 0 Å². The van der Waals surface area contributed by atoms with Gasteiger partial charge in [-0.05, 0) is 50.7 Å². The molecule has 5 rings (SSSR count). The molecule has 4 aromatic carbocycles. The first-order valence-electron chi connectivity index (χ1n) is 12.5. The van der Waals surface area contributed by atoms with E-state index in [2.05, 4.69) is 9.97 Å². The lowest BCUT2D eigenvalue weighted by atomic mass is 9.82. The molecule has 160 valence electrons. The van der Waals surface area contributed by atoms with Crippen LogP contribution in [-0.2, 0) is 11.6 Å². The summed E-state index contributed by atoms with van der Waals surface area (Å²) < 4.78 is 85.3. The van der Waals surface area contributed by atoms with Crippen LogP contribution in [0.15, 0.2) is 72.9 Å². The minimum Gasteiger partial charge on any atom is -0.236 e. The van der Waals surface area contributed by atoms with E-state index in [1.165, 1.54) is 18.2 Å². The standard InChI is InChI=1S/C27H21F3N2/c1-26(2,3)22-14-18(12-16-8-4-6-10-19(16)22)24-21-13-17-9-5-7-11-20(17)23(27(28,29)30)25(21)32-15-31-24/h4-15H,1-3H3/i4D,6D,8D,10D,14D. The normalized spacial score (nSPS) is 14.9. The van der Waals surface area contributed by atoms with Gasteiger partial charge < -0.3 is 0 Å². The number of halogens is 3. The summed E-state index contributed by atoms with van der Waals surface area (Å²) in [5.41, 5.74) is -1.31. The second-order valence-electron chi connectivity index (χ2n) is 8.69. The van der Waals surface area contributed by atoms with Gasteiger partial charge in [-0.25, -0.2) is 9.97 Å². The third-order valence-corrected chi connectivity index (χ3v) is 5.45. The Balaban J connectivity index is 2.01. The van der Waals surface area contributed by atoms with Crippen LogP contribution in [0.2, 0.25) is 0 Å². The molecule has 5 aromatic rings. The summed E-state index contributed by atoms with van der Waals surface area (Å²) >= 11 is 0. The van der Waals surface area contributed by atoms with Gasteiger partial charge in [0, 0.05) is 10.9 Å². The van der Waals surface area contributed by atoms with Crippen LogP contribution in [-0.4, -0.2) is 9.97 Å². The fourth-order valence-electron chi connectivity index (χ4n) is 4.06. The third-order valence-electron chi connectivity index (χ3n) is 5.45. The van der Waals surface area contributed by atoms with E-state index in [4.69, 9.17) is 6.85 Å². The number of hydrogen-bond donors (Lipinski definition) is 0. The Hall–Kier alpha value is -3.47. The smallest absolute Gasteiger partial charge is 0.236 e. The van der Waals surface area contributed by atoms with Gasteiger partial charge in [0.05, 0.1) is 23.6 Å². The number of aromatic nitrogens is 2. The first kappa shape index (κ1) is 15.4. The van der Waals surface area contributed by atoms with Gasteiger partial charge in [0.1, 0.15) is 6.33 Å². The maximum atomic E-state index is 14.3. The molecule has 0 amide bonds. The van der Waals surface area contributed by atoms with Gasteiger partial charge in [-0.2, -0.15) is 13.2 Å². The Labute approximate surface area is 190 Å². The van der Waals surface area contributed by atoms with Gasteiger partial charge in [0.25, 0.3) is 0 Å². The quantitative estimate of drug-likeness (QED) is 0.250. The van der Waals surface area contributed by atoms with Crippen LogP contribution in [0.4, 0.5) is 13.2 Å². The lowest BCUT2D eigenvalue weighted by molar-refractivity contribution is -0.135. The number of fused-ring (bicyclic) bond motifs is 3. The largest absolute Gasteiger partial charge is 0.419 e. The fourth-order valence-corrected chi connectivity index (χ4v) is 4.06. The van der Waals surface area contributed by atoms with E-state index in [9.17, 15) is 13.2 Å². The van der Waals surface area contributed by atoms with Crippen molar-refractivity contribution in [2.45, 2.75) is 32.4 Å². The summed E-state index contributed by atoms with van der Waals surface area (Å²) in [6.45, 7) is 5.45. The zero-order valence-corrected chi connectivity index (χ0v) is 17.6. The molecule has 0 radical (unpaired) electrons. The first-order chi connectivity index (χ1) is 17.2. The summed E-state index contributed by atoms with van der Waals surface area (Å²) in [5, 5.41) is 0.824. The number of benzene rings is 4. The maximum absolute atomic E-state index is 14.3. The molecule has 0 saturated heterocycles. The molecule has 0 aliphatic heterocycles.